The summed E-state index contributed by atoms with van der Waals surface area (Å²) < 4.78 is 2.67. The Bertz CT molecular complexity index is 1180. The maximum absolute atomic E-state index is 13.1. The normalized spacial score (nSPS) is 11.4. The van der Waals surface area contributed by atoms with E-state index in [9.17, 15) is 9.59 Å². The molecule has 2 N–H and O–H groups in total. The van der Waals surface area contributed by atoms with E-state index in [2.05, 4.69) is 47.3 Å². The highest BCUT2D eigenvalue weighted by molar-refractivity contribution is 9.10. The van der Waals surface area contributed by atoms with Gasteiger partial charge in [0, 0.05) is 28.2 Å². The molecule has 0 spiro atoms. The van der Waals surface area contributed by atoms with Crippen LogP contribution in [0, 0.1) is 12.8 Å². The number of rotatable bonds is 7. The molecule has 0 aliphatic carbocycles. The summed E-state index contributed by atoms with van der Waals surface area (Å²) in [6.45, 7) is 12.7. The molecule has 1 heterocycles. The molecule has 3 amide bonds. The highest BCUT2D eigenvalue weighted by Crippen LogP contribution is 2.26. The fourth-order valence-corrected chi connectivity index (χ4v) is 3.81. The Kier molecular flexibility index (Phi) is 8.38. The number of halogens is 1. The average molecular weight is 541 g/mol. The summed E-state index contributed by atoms with van der Waals surface area (Å²) in [5, 5.41) is 10.6. The van der Waals surface area contributed by atoms with Gasteiger partial charge in [-0.2, -0.15) is 5.10 Å². The van der Waals surface area contributed by atoms with Gasteiger partial charge in [-0.25, -0.2) is 9.48 Å². The van der Waals surface area contributed by atoms with Crippen molar-refractivity contribution < 1.29 is 9.59 Å². The van der Waals surface area contributed by atoms with Crippen molar-refractivity contribution in [2.24, 2.45) is 5.92 Å². The number of anilines is 2. The van der Waals surface area contributed by atoms with Gasteiger partial charge in [0.05, 0.1) is 11.4 Å². The third-order valence-electron chi connectivity index (χ3n) is 5.29. The smallest absolute Gasteiger partial charge is 0.315 e. The molecule has 0 atom stereocenters. The van der Waals surface area contributed by atoms with Crippen LogP contribution in [0.5, 0.6) is 0 Å². The molecule has 0 aliphatic heterocycles. The zero-order valence-corrected chi connectivity index (χ0v) is 22.8. The van der Waals surface area contributed by atoms with Crippen molar-refractivity contribution in [2.75, 3.05) is 23.7 Å². The highest BCUT2D eigenvalue weighted by atomic mass is 79.9. The van der Waals surface area contributed by atoms with Gasteiger partial charge in [-0.05, 0) is 54.8 Å². The molecule has 3 rings (SSSR count). The first-order chi connectivity index (χ1) is 16.4. The number of benzene rings is 2. The van der Waals surface area contributed by atoms with Crippen molar-refractivity contribution in [3.05, 3.63) is 70.3 Å². The summed E-state index contributed by atoms with van der Waals surface area (Å²) in [6.07, 6.45) is 0. The molecule has 0 saturated heterocycles. The van der Waals surface area contributed by atoms with Crippen LogP contribution in [0.1, 0.15) is 45.9 Å². The molecule has 8 heteroatoms. The molecule has 0 saturated carbocycles. The van der Waals surface area contributed by atoms with Gasteiger partial charge >= 0.3 is 6.03 Å². The topological polar surface area (TPSA) is 79.3 Å². The van der Waals surface area contributed by atoms with Crippen LogP contribution in [0.15, 0.2) is 59.1 Å². The van der Waals surface area contributed by atoms with Gasteiger partial charge in [0.1, 0.15) is 12.4 Å². The first-order valence-corrected chi connectivity index (χ1v) is 12.5. The Morgan fingerprint density at radius 1 is 1.06 bits per heavy atom. The number of aromatic nitrogens is 2. The van der Waals surface area contributed by atoms with Crippen molar-refractivity contribution in [1.29, 1.82) is 0 Å². The van der Waals surface area contributed by atoms with Gasteiger partial charge in [0.15, 0.2) is 0 Å². The largest absolute Gasteiger partial charge is 0.322 e. The molecule has 0 fully saturated rings. The Hall–Kier alpha value is -3.13. The van der Waals surface area contributed by atoms with E-state index in [4.69, 9.17) is 5.10 Å². The van der Waals surface area contributed by atoms with Gasteiger partial charge < -0.3 is 15.5 Å². The maximum Gasteiger partial charge on any atom is 0.322 e. The second-order valence-electron chi connectivity index (χ2n) is 10.2. The molecule has 35 heavy (non-hydrogen) atoms. The van der Waals surface area contributed by atoms with Crippen LogP contribution in [0.2, 0.25) is 0 Å². The zero-order valence-electron chi connectivity index (χ0n) is 21.2. The van der Waals surface area contributed by atoms with Crippen LogP contribution >= 0.6 is 15.9 Å². The number of urea groups is 1. The minimum absolute atomic E-state index is 0.0790. The van der Waals surface area contributed by atoms with Crippen molar-refractivity contribution in [3.8, 4) is 5.69 Å². The number of carbonyl (C=O) groups excluding carboxylic acids is 2. The Balaban J connectivity index is 1.81. The SMILES string of the molecule is Cc1cccc(-n2nc(C(C)(C)C)cc2NC(=O)CN(CC(C)C)C(=O)Nc2ccc(Br)cc2)c1. The van der Waals surface area contributed by atoms with Gasteiger partial charge in [0.25, 0.3) is 0 Å². The third-order valence-corrected chi connectivity index (χ3v) is 5.82. The van der Waals surface area contributed by atoms with E-state index in [1.807, 2.05) is 75.4 Å². The highest BCUT2D eigenvalue weighted by Gasteiger charge is 2.23. The first kappa shape index (κ1) is 26.5. The molecule has 1 aromatic heterocycles. The number of aryl methyl sites for hydroxylation is 1. The van der Waals surface area contributed by atoms with Gasteiger partial charge in [-0.1, -0.05) is 62.7 Å². The van der Waals surface area contributed by atoms with Crippen LogP contribution in [-0.2, 0) is 10.2 Å². The van der Waals surface area contributed by atoms with Crippen molar-refractivity contribution in [3.63, 3.8) is 0 Å². The summed E-state index contributed by atoms with van der Waals surface area (Å²) in [5.74, 6) is 0.484. The average Bonchev–Trinajstić information content (AvgIpc) is 3.19. The minimum atomic E-state index is -0.321. The van der Waals surface area contributed by atoms with E-state index in [0.29, 0.717) is 18.1 Å². The second-order valence-corrected chi connectivity index (χ2v) is 11.1. The maximum atomic E-state index is 13.1. The van der Waals surface area contributed by atoms with E-state index in [1.54, 1.807) is 4.68 Å². The molecular formula is C27H34BrN5O2. The van der Waals surface area contributed by atoms with Crippen LogP contribution < -0.4 is 10.6 Å². The van der Waals surface area contributed by atoms with Gasteiger partial charge in [-0.15, -0.1) is 0 Å². The van der Waals surface area contributed by atoms with E-state index in [-0.39, 0.29) is 29.8 Å². The number of amides is 3. The fourth-order valence-electron chi connectivity index (χ4n) is 3.54. The quantitative estimate of drug-likeness (QED) is 0.366. The lowest BCUT2D eigenvalue weighted by Crippen LogP contribution is -2.42. The summed E-state index contributed by atoms with van der Waals surface area (Å²) in [4.78, 5) is 27.7. The third kappa shape index (κ3) is 7.42. The molecule has 0 aliphatic rings. The number of nitrogens with zero attached hydrogens (tertiary/aromatic N) is 3. The number of nitrogens with one attached hydrogen (secondary N) is 2. The number of hydrogen-bond acceptors (Lipinski definition) is 3. The molecule has 7 nitrogen and oxygen atoms in total. The van der Waals surface area contributed by atoms with E-state index in [1.165, 1.54) is 4.90 Å². The van der Waals surface area contributed by atoms with Crippen molar-refractivity contribution in [2.45, 2.75) is 47.0 Å². The second kappa shape index (κ2) is 11.1. The van der Waals surface area contributed by atoms with E-state index >= 15 is 0 Å². The molecule has 2 aromatic carbocycles. The van der Waals surface area contributed by atoms with Gasteiger partial charge in [0.2, 0.25) is 5.91 Å². The fraction of sp³-hybridized carbons (Fsp3) is 0.370. The predicted octanol–water partition coefficient (Wildman–Crippen LogP) is 6.37. The summed E-state index contributed by atoms with van der Waals surface area (Å²) >= 11 is 3.39. The molecule has 0 unspecified atom stereocenters. The van der Waals surface area contributed by atoms with Crippen LogP contribution in [-0.4, -0.2) is 39.7 Å². The minimum Gasteiger partial charge on any atom is -0.315 e. The van der Waals surface area contributed by atoms with Crippen molar-refractivity contribution >= 4 is 39.4 Å². The van der Waals surface area contributed by atoms with Gasteiger partial charge in [-0.3, -0.25) is 4.79 Å². The number of carbonyl (C=O) groups is 2. The Labute approximate surface area is 216 Å². The van der Waals surface area contributed by atoms with E-state index in [0.717, 1.165) is 21.4 Å². The summed E-state index contributed by atoms with van der Waals surface area (Å²) in [5.41, 5.74) is 3.30. The molecule has 0 radical (unpaired) electrons. The standard InChI is InChI=1S/C27H34BrN5O2/c1-18(2)16-32(26(35)29-21-12-10-20(28)11-13-21)17-25(34)30-24-15-23(27(4,5)6)31-33(24)22-9-7-8-19(3)14-22/h7-15,18H,16-17H2,1-6H3,(H,29,35)(H,30,34). The summed E-state index contributed by atoms with van der Waals surface area (Å²) in [7, 11) is 0. The molecule has 0 bridgehead atoms. The predicted molar refractivity (Wildman–Crippen MR) is 145 cm³/mol. The van der Waals surface area contributed by atoms with Crippen LogP contribution in [0.25, 0.3) is 5.69 Å². The van der Waals surface area contributed by atoms with Crippen LogP contribution in [0.3, 0.4) is 0 Å². The lowest BCUT2D eigenvalue weighted by atomic mass is 9.92. The Morgan fingerprint density at radius 3 is 2.34 bits per heavy atom. The lowest BCUT2D eigenvalue weighted by Gasteiger charge is -2.24. The zero-order chi connectivity index (χ0) is 25.8. The molecule has 3 aromatic rings. The molecule has 186 valence electrons. The molecular weight excluding hydrogens is 506 g/mol. The Morgan fingerprint density at radius 2 is 1.74 bits per heavy atom. The lowest BCUT2D eigenvalue weighted by molar-refractivity contribution is -0.116. The monoisotopic (exact) mass is 539 g/mol. The van der Waals surface area contributed by atoms with E-state index < -0.39 is 0 Å². The first-order valence-electron chi connectivity index (χ1n) is 11.7. The van der Waals surface area contributed by atoms with Crippen LogP contribution in [0.4, 0.5) is 16.3 Å². The number of hydrogen-bond donors (Lipinski definition) is 2. The summed E-state index contributed by atoms with van der Waals surface area (Å²) in [6, 6.07) is 16.9. The van der Waals surface area contributed by atoms with Crippen molar-refractivity contribution in [1.82, 2.24) is 14.7 Å².